The van der Waals surface area contributed by atoms with Crippen LogP contribution in [0.5, 0.6) is 0 Å². The Kier molecular flexibility index (Phi) is 3.90. The van der Waals surface area contributed by atoms with Crippen LogP contribution >= 0.6 is 11.3 Å². The van der Waals surface area contributed by atoms with Gasteiger partial charge >= 0.3 is 0 Å². The summed E-state index contributed by atoms with van der Waals surface area (Å²) in [7, 11) is 0. The maximum absolute atomic E-state index is 12.7. The van der Waals surface area contributed by atoms with E-state index in [1.807, 2.05) is 6.07 Å². The molecule has 2 aromatic heterocycles. The Morgan fingerprint density at radius 2 is 1.92 bits per heavy atom. The molecule has 3 heterocycles. The van der Waals surface area contributed by atoms with Crippen molar-refractivity contribution in [2.75, 3.05) is 13.1 Å². The fourth-order valence-electron chi connectivity index (χ4n) is 3.28. The molecule has 1 aromatic carbocycles. The van der Waals surface area contributed by atoms with E-state index in [4.69, 9.17) is 0 Å². The Morgan fingerprint density at radius 3 is 2.67 bits per heavy atom. The van der Waals surface area contributed by atoms with Crippen LogP contribution in [-0.2, 0) is 0 Å². The molecule has 1 amide bonds. The molecule has 4 rings (SSSR count). The zero-order valence-electron chi connectivity index (χ0n) is 13.1. The normalized spacial score (nSPS) is 15.8. The Balaban J connectivity index is 1.51. The highest BCUT2D eigenvalue weighted by Gasteiger charge is 2.26. The number of benzene rings is 1. The second-order valence-electron chi connectivity index (χ2n) is 6.01. The average molecular weight is 339 g/mol. The highest BCUT2D eigenvalue weighted by Crippen LogP contribution is 2.28. The predicted molar refractivity (Wildman–Crippen MR) is 93.7 cm³/mol. The lowest BCUT2D eigenvalue weighted by Crippen LogP contribution is -2.40. The first-order chi connectivity index (χ1) is 11.7. The number of thiazole rings is 1. The summed E-state index contributed by atoms with van der Waals surface area (Å²) in [5, 5.41) is 1.79. The summed E-state index contributed by atoms with van der Waals surface area (Å²) >= 11 is 1.38. The topological polar surface area (TPSA) is 54.7 Å². The molecule has 0 aliphatic carbocycles. The summed E-state index contributed by atoms with van der Waals surface area (Å²) in [6, 6.07) is 10.4. The molecule has 5 nitrogen and oxygen atoms in total. The fraction of sp³-hybridized carbons (Fsp3) is 0.278. The number of nitrogens with zero attached hydrogens (tertiary/aromatic N) is 3. The average Bonchev–Trinajstić information content (AvgIpc) is 3.12. The molecule has 1 aliphatic heterocycles. The molecular formula is C18H17N3O2S. The van der Waals surface area contributed by atoms with Crippen LogP contribution in [0.15, 0.2) is 52.9 Å². The van der Waals surface area contributed by atoms with Crippen molar-refractivity contribution in [1.82, 2.24) is 14.3 Å². The molecule has 1 aliphatic rings. The predicted octanol–water partition coefficient (Wildman–Crippen LogP) is 2.78. The van der Waals surface area contributed by atoms with Crippen molar-refractivity contribution in [1.29, 1.82) is 0 Å². The largest absolute Gasteiger partial charge is 0.338 e. The quantitative estimate of drug-likeness (QED) is 0.721. The molecule has 3 aromatic rings. The summed E-state index contributed by atoms with van der Waals surface area (Å²) in [5.41, 5.74) is 1.20. The van der Waals surface area contributed by atoms with Crippen molar-refractivity contribution >= 4 is 22.2 Å². The van der Waals surface area contributed by atoms with E-state index in [0.717, 1.165) is 12.8 Å². The smallest absolute Gasteiger partial charge is 0.271 e. The summed E-state index contributed by atoms with van der Waals surface area (Å²) in [4.78, 5) is 31.7. The molecule has 6 heteroatoms. The molecule has 1 fully saturated rings. The van der Waals surface area contributed by atoms with Crippen molar-refractivity contribution in [2.45, 2.75) is 18.8 Å². The minimum absolute atomic E-state index is 0.157. The third-order valence-electron chi connectivity index (χ3n) is 4.63. The number of carbonyl (C=O) groups is 1. The van der Waals surface area contributed by atoms with Gasteiger partial charge in [0.15, 0.2) is 4.96 Å². The maximum atomic E-state index is 12.7. The number of likely N-dealkylation sites (tertiary alicyclic amines) is 1. The van der Waals surface area contributed by atoms with Crippen molar-refractivity contribution in [3.05, 3.63) is 69.6 Å². The van der Waals surface area contributed by atoms with Crippen molar-refractivity contribution in [3.8, 4) is 0 Å². The van der Waals surface area contributed by atoms with E-state index >= 15 is 0 Å². The van der Waals surface area contributed by atoms with E-state index in [2.05, 4.69) is 29.2 Å². The van der Waals surface area contributed by atoms with Gasteiger partial charge in [-0.05, 0) is 24.3 Å². The minimum atomic E-state index is -0.281. The van der Waals surface area contributed by atoms with Crippen LogP contribution in [0.3, 0.4) is 0 Å². The number of rotatable bonds is 2. The maximum Gasteiger partial charge on any atom is 0.271 e. The molecule has 0 atom stereocenters. The molecule has 0 spiro atoms. The van der Waals surface area contributed by atoms with Gasteiger partial charge in [0.2, 0.25) is 0 Å². The molecular weight excluding hydrogens is 322 g/mol. The molecule has 1 saturated heterocycles. The SMILES string of the molecule is O=C(c1cnc2sccn2c1=O)N1CCC(c2ccccc2)CC1. The van der Waals surface area contributed by atoms with Gasteiger partial charge in [0, 0.05) is 30.9 Å². The third kappa shape index (κ3) is 2.63. The Morgan fingerprint density at radius 1 is 1.17 bits per heavy atom. The Labute approximate surface area is 143 Å². The minimum Gasteiger partial charge on any atom is -0.338 e. The van der Waals surface area contributed by atoms with E-state index in [1.54, 1.807) is 16.5 Å². The van der Waals surface area contributed by atoms with Gasteiger partial charge < -0.3 is 4.90 Å². The first-order valence-electron chi connectivity index (χ1n) is 8.03. The molecule has 0 unspecified atom stereocenters. The molecule has 0 radical (unpaired) electrons. The summed E-state index contributed by atoms with van der Waals surface area (Å²) in [5.74, 6) is 0.272. The first kappa shape index (κ1) is 15.1. The van der Waals surface area contributed by atoms with Crippen molar-refractivity contribution < 1.29 is 4.79 Å². The lowest BCUT2D eigenvalue weighted by molar-refractivity contribution is 0.0710. The molecule has 0 saturated carbocycles. The van der Waals surface area contributed by atoms with E-state index < -0.39 is 0 Å². The van der Waals surface area contributed by atoms with Crippen LogP contribution in [0.1, 0.15) is 34.7 Å². The fourth-order valence-corrected chi connectivity index (χ4v) is 3.96. The second-order valence-corrected chi connectivity index (χ2v) is 6.88. The molecule has 24 heavy (non-hydrogen) atoms. The zero-order valence-corrected chi connectivity index (χ0v) is 13.9. The summed E-state index contributed by atoms with van der Waals surface area (Å²) in [6.07, 6.45) is 4.92. The number of piperidine rings is 1. The van der Waals surface area contributed by atoms with E-state index in [0.29, 0.717) is 24.0 Å². The molecule has 0 bridgehead atoms. The lowest BCUT2D eigenvalue weighted by atomic mass is 9.89. The standard InChI is InChI=1S/C18H17N3O2S/c22-16(15-12-19-18-21(17(15)23)10-11-24-18)20-8-6-14(7-9-20)13-4-2-1-3-5-13/h1-5,10-12,14H,6-9H2. The summed E-state index contributed by atoms with van der Waals surface area (Å²) in [6.45, 7) is 1.34. The molecule has 122 valence electrons. The second kappa shape index (κ2) is 6.20. The highest BCUT2D eigenvalue weighted by atomic mass is 32.1. The van der Waals surface area contributed by atoms with Gasteiger partial charge in [0.25, 0.3) is 11.5 Å². The van der Waals surface area contributed by atoms with E-state index in [9.17, 15) is 9.59 Å². The van der Waals surface area contributed by atoms with Gasteiger partial charge in [-0.2, -0.15) is 0 Å². The van der Waals surface area contributed by atoms with E-state index in [-0.39, 0.29) is 17.0 Å². The van der Waals surface area contributed by atoms with Crippen molar-refractivity contribution in [3.63, 3.8) is 0 Å². The van der Waals surface area contributed by atoms with Gasteiger partial charge in [-0.3, -0.25) is 14.0 Å². The van der Waals surface area contributed by atoms with Gasteiger partial charge in [0.05, 0.1) is 0 Å². The Hall–Kier alpha value is -2.47. The van der Waals surface area contributed by atoms with Crippen LogP contribution in [0.25, 0.3) is 4.96 Å². The van der Waals surface area contributed by atoms with Gasteiger partial charge in [-0.25, -0.2) is 4.98 Å². The van der Waals surface area contributed by atoms with Crippen LogP contribution in [0, 0.1) is 0 Å². The third-order valence-corrected chi connectivity index (χ3v) is 5.40. The van der Waals surface area contributed by atoms with Gasteiger partial charge in [0.1, 0.15) is 5.56 Å². The molecule has 0 N–H and O–H groups in total. The van der Waals surface area contributed by atoms with Crippen LogP contribution in [0.2, 0.25) is 0 Å². The number of hydrogen-bond acceptors (Lipinski definition) is 4. The van der Waals surface area contributed by atoms with Crippen LogP contribution in [-0.4, -0.2) is 33.3 Å². The first-order valence-corrected chi connectivity index (χ1v) is 8.91. The number of aromatic nitrogens is 2. The van der Waals surface area contributed by atoms with Gasteiger partial charge in [-0.1, -0.05) is 30.3 Å². The monoisotopic (exact) mass is 339 g/mol. The van der Waals surface area contributed by atoms with Crippen LogP contribution in [0.4, 0.5) is 0 Å². The summed E-state index contributed by atoms with van der Waals surface area (Å²) < 4.78 is 1.44. The zero-order chi connectivity index (χ0) is 16.5. The lowest BCUT2D eigenvalue weighted by Gasteiger charge is -2.32. The Bertz CT molecular complexity index is 924. The van der Waals surface area contributed by atoms with Crippen molar-refractivity contribution in [2.24, 2.45) is 0 Å². The van der Waals surface area contributed by atoms with Crippen LogP contribution < -0.4 is 5.56 Å². The highest BCUT2D eigenvalue weighted by molar-refractivity contribution is 7.15. The number of hydrogen-bond donors (Lipinski definition) is 0. The van der Waals surface area contributed by atoms with E-state index in [1.165, 1.54) is 27.5 Å². The number of amides is 1. The number of fused-ring (bicyclic) bond motifs is 1. The number of carbonyl (C=O) groups excluding carboxylic acids is 1. The van der Waals surface area contributed by atoms with Gasteiger partial charge in [-0.15, -0.1) is 11.3 Å².